The number of hydrogen-bond donors (Lipinski definition) is 2. The third-order valence-electron chi connectivity index (χ3n) is 4.15. The first kappa shape index (κ1) is 20.7. The van der Waals surface area contributed by atoms with Crippen LogP contribution in [0.25, 0.3) is 0 Å². The number of aromatic carboxylic acids is 2. The lowest BCUT2D eigenvalue weighted by Crippen LogP contribution is -2.10. The Labute approximate surface area is 173 Å². The van der Waals surface area contributed by atoms with Crippen molar-refractivity contribution in [3.63, 3.8) is 0 Å². The lowest BCUT2D eigenvalue weighted by molar-refractivity contribution is -0.387. The Morgan fingerprint density at radius 1 is 0.800 bits per heavy atom. The minimum absolute atomic E-state index is 0.0130. The minimum Gasteiger partial charge on any atom is -0.478 e. The van der Waals surface area contributed by atoms with Gasteiger partial charge in [-0.2, -0.15) is 0 Å². The Bertz CT molecular complexity index is 1170. The molecule has 0 fully saturated rings. The van der Waals surface area contributed by atoms with Crippen molar-refractivity contribution >= 4 is 35.2 Å². The van der Waals surface area contributed by atoms with E-state index in [0.717, 1.165) is 17.8 Å². The summed E-state index contributed by atoms with van der Waals surface area (Å²) in [5, 5.41) is 29.8. The summed E-state index contributed by atoms with van der Waals surface area (Å²) in [5.74, 6) is -2.99. The summed E-state index contributed by atoms with van der Waals surface area (Å²) in [7, 11) is 0. The highest BCUT2D eigenvalue weighted by molar-refractivity contribution is 7.99. The SMILES string of the molecule is O=C(O)c1ccc(Sc2ccc(C(=O)c3ccccc3C(=O)O)cc2[N+](=O)[O-])cc1. The van der Waals surface area contributed by atoms with Crippen LogP contribution in [-0.2, 0) is 0 Å². The molecule has 0 unspecified atom stereocenters. The number of ketones is 1. The predicted molar refractivity (Wildman–Crippen MR) is 107 cm³/mol. The van der Waals surface area contributed by atoms with Gasteiger partial charge in [0.05, 0.1) is 20.9 Å². The van der Waals surface area contributed by atoms with Crippen molar-refractivity contribution < 1.29 is 29.5 Å². The molecule has 0 spiro atoms. The molecule has 3 aromatic carbocycles. The van der Waals surface area contributed by atoms with E-state index in [1.807, 2.05) is 0 Å². The average molecular weight is 423 g/mol. The smallest absolute Gasteiger partial charge is 0.336 e. The molecule has 0 radical (unpaired) electrons. The van der Waals surface area contributed by atoms with Crippen LogP contribution >= 0.6 is 11.8 Å². The topological polar surface area (TPSA) is 135 Å². The summed E-state index contributed by atoms with van der Waals surface area (Å²) in [6.07, 6.45) is 0. The number of benzene rings is 3. The highest BCUT2D eigenvalue weighted by atomic mass is 32.2. The van der Waals surface area contributed by atoms with Gasteiger partial charge in [0.25, 0.3) is 5.69 Å². The van der Waals surface area contributed by atoms with Crippen LogP contribution in [-0.4, -0.2) is 32.9 Å². The van der Waals surface area contributed by atoms with Gasteiger partial charge in [0.2, 0.25) is 0 Å². The zero-order chi connectivity index (χ0) is 21.8. The zero-order valence-corrected chi connectivity index (χ0v) is 16.0. The standard InChI is InChI=1S/C21H13NO7S/c23-19(15-3-1-2-4-16(15)21(26)27)13-7-10-18(17(11-13)22(28)29)30-14-8-5-12(6-9-14)20(24)25/h1-11H,(H,24,25)(H,26,27). The van der Waals surface area contributed by atoms with Gasteiger partial charge in [0.15, 0.2) is 5.78 Å². The first-order chi connectivity index (χ1) is 14.3. The molecule has 3 rings (SSSR count). The molecule has 9 heteroatoms. The second kappa shape index (κ2) is 8.58. The van der Waals surface area contributed by atoms with Gasteiger partial charge in [0, 0.05) is 22.1 Å². The van der Waals surface area contributed by atoms with Gasteiger partial charge in [-0.05, 0) is 42.5 Å². The van der Waals surface area contributed by atoms with Crippen LogP contribution in [0.4, 0.5) is 5.69 Å². The molecule has 30 heavy (non-hydrogen) atoms. The molecule has 0 heterocycles. The van der Waals surface area contributed by atoms with E-state index in [4.69, 9.17) is 5.11 Å². The highest BCUT2D eigenvalue weighted by Gasteiger charge is 2.22. The van der Waals surface area contributed by atoms with Gasteiger partial charge < -0.3 is 10.2 Å². The van der Waals surface area contributed by atoms with Crippen molar-refractivity contribution in [3.8, 4) is 0 Å². The first-order valence-corrected chi connectivity index (χ1v) is 9.26. The molecule has 0 saturated carbocycles. The number of nitro benzene ring substituents is 1. The van der Waals surface area contributed by atoms with Crippen LogP contribution in [0.15, 0.2) is 76.5 Å². The molecule has 150 valence electrons. The monoisotopic (exact) mass is 423 g/mol. The molecule has 8 nitrogen and oxygen atoms in total. The Morgan fingerprint density at radius 2 is 1.40 bits per heavy atom. The fourth-order valence-corrected chi connectivity index (χ4v) is 3.60. The largest absolute Gasteiger partial charge is 0.478 e. The summed E-state index contributed by atoms with van der Waals surface area (Å²) >= 11 is 1.05. The second-order valence-corrected chi connectivity index (χ2v) is 7.17. The Kier molecular flexibility index (Phi) is 5.93. The Morgan fingerprint density at radius 3 is 1.97 bits per heavy atom. The molecule has 0 aromatic heterocycles. The summed E-state index contributed by atoms with van der Waals surface area (Å²) in [6, 6.07) is 15.4. The molecule has 0 aliphatic rings. The van der Waals surface area contributed by atoms with Crippen LogP contribution in [0.2, 0.25) is 0 Å². The van der Waals surface area contributed by atoms with E-state index < -0.39 is 22.6 Å². The zero-order valence-electron chi connectivity index (χ0n) is 15.1. The first-order valence-electron chi connectivity index (χ1n) is 8.44. The summed E-state index contributed by atoms with van der Waals surface area (Å²) in [4.78, 5) is 46.8. The van der Waals surface area contributed by atoms with Gasteiger partial charge in [0.1, 0.15) is 0 Å². The predicted octanol–water partition coefficient (Wildman–Crippen LogP) is 4.37. The Hall–Kier alpha value is -3.98. The minimum atomic E-state index is -1.27. The third-order valence-corrected chi connectivity index (χ3v) is 5.22. The molecule has 0 bridgehead atoms. The van der Waals surface area contributed by atoms with E-state index in [-0.39, 0.29) is 32.8 Å². The normalized spacial score (nSPS) is 10.4. The maximum absolute atomic E-state index is 12.8. The lowest BCUT2D eigenvalue weighted by Gasteiger charge is -2.08. The van der Waals surface area contributed by atoms with Crippen LogP contribution in [0.3, 0.4) is 0 Å². The molecule has 3 aromatic rings. The third kappa shape index (κ3) is 4.36. The molecule has 2 N–H and O–H groups in total. The Balaban J connectivity index is 1.96. The lowest BCUT2D eigenvalue weighted by atomic mass is 9.98. The van der Waals surface area contributed by atoms with Gasteiger partial charge in [-0.25, -0.2) is 9.59 Å². The molecule has 0 atom stereocenters. The summed E-state index contributed by atoms with van der Waals surface area (Å²) < 4.78 is 0. The number of carbonyl (C=O) groups excluding carboxylic acids is 1. The maximum Gasteiger partial charge on any atom is 0.336 e. The van der Waals surface area contributed by atoms with Crippen molar-refractivity contribution in [2.75, 3.05) is 0 Å². The number of rotatable bonds is 7. The van der Waals surface area contributed by atoms with E-state index in [0.29, 0.717) is 4.90 Å². The molecule has 0 amide bonds. The average Bonchev–Trinajstić information content (AvgIpc) is 2.73. The summed E-state index contributed by atoms with van der Waals surface area (Å²) in [5.41, 5.74) is -0.500. The highest BCUT2D eigenvalue weighted by Crippen LogP contribution is 2.36. The molecular weight excluding hydrogens is 410 g/mol. The van der Waals surface area contributed by atoms with Gasteiger partial charge >= 0.3 is 11.9 Å². The quantitative estimate of drug-likeness (QED) is 0.325. The van der Waals surface area contributed by atoms with Crippen molar-refractivity contribution in [3.05, 3.63) is 99.1 Å². The van der Waals surface area contributed by atoms with Gasteiger partial charge in [-0.1, -0.05) is 30.0 Å². The molecule has 0 aliphatic carbocycles. The van der Waals surface area contributed by atoms with Crippen molar-refractivity contribution in [2.45, 2.75) is 9.79 Å². The van der Waals surface area contributed by atoms with E-state index in [9.17, 15) is 29.6 Å². The fraction of sp³-hybridized carbons (Fsp3) is 0. The van der Waals surface area contributed by atoms with Crippen molar-refractivity contribution in [1.82, 2.24) is 0 Å². The molecular formula is C21H13NO7S. The van der Waals surface area contributed by atoms with Crippen LogP contribution in [0, 0.1) is 10.1 Å². The maximum atomic E-state index is 12.8. The van der Waals surface area contributed by atoms with Gasteiger partial charge in [-0.15, -0.1) is 0 Å². The number of hydrogen-bond acceptors (Lipinski definition) is 6. The van der Waals surface area contributed by atoms with E-state index in [1.54, 1.807) is 0 Å². The molecule has 0 saturated heterocycles. The summed E-state index contributed by atoms with van der Waals surface area (Å²) in [6.45, 7) is 0. The van der Waals surface area contributed by atoms with E-state index >= 15 is 0 Å². The number of carboxylic acids is 2. The van der Waals surface area contributed by atoms with Crippen molar-refractivity contribution in [1.29, 1.82) is 0 Å². The number of nitro groups is 1. The van der Waals surface area contributed by atoms with Crippen LogP contribution in [0.1, 0.15) is 36.6 Å². The van der Waals surface area contributed by atoms with Gasteiger partial charge in [-0.3, -0.25) is 14.9 Å². The van der Waals surface area contributed by atoms with E-state index in [1.165, 1.54) is 60.7 Å². The van der Waals surface area contributed by atoms with Crippen LogP contribution < -0.4 is 0 Å². The van der Waals surface area contributed by atoms with E-state index in [2.05, 4.69) is 0 Å². The second-order valence-electron chi connectivity index (χ2n) is 6.05. The molecule has 0 aliphatic heterocycles. The number of carboxylic acid groups (broad SMARTS) is 2. The number of nitrogens with zero attached hydrogens (tertiary/aromatic N) is 1. The number of carbonyl (C=O) groups is 3. The fourth-order valence-electron chi connectivity index (χ4n) is 2.70. The van der Waals surface area contributed by atoms with Crippen molar-refractivity contribution in [2.24, 2.45) is 0 Å². The van der Waals surface area contributed by atoms with Crippen LogP contribution in [0.5, 0.6) is 0 Å².